The quantitative estimate of drug-likeness (QED) is 0.161. The van der Waals surface area contributed by atoms with Crippen LogP contribution < -0.4 is 21.2 Å². The van der Waals surface area contributed by atoms with Crippen LogP contribution >= 0.6 is 14.4 Å². The maximum absolute atomic E-state index is 7.01. The summed E-state index contributed by atoms with van der Waals surface area (Å²) in [6.07, 6.45) is 0. The van der Waals surface area contributed by atoms with Gasteiger partial charge in [-0.1, -0.05) is 152 Å². The van der Waals surface area contributed by atoms with Crippen LogP contribution in [0.1, 0.15) is 5.56 Å². The molecule has 1 aliphatic rings. The second-order valence-corrected chi connectivity index (χ2v) is 21.6. The van der Waals surface area contributed by atoms with Crippen molar-refractivity contribution in [2.45, 2.75) is 0 Å². The number of hydrogen-bond acceptors (Lipinski definition) is 7. The van der Waals surface area contributed by atoms with Crippen molar-refractivity contribution in [3.8, 4) is 0 Å². The minimum atomic E-state index is -3.50. The van der Waals surface area contributed by atoms with Gasteiger partial charge in [-0.25, -0.2) is 14.0 Å². The summed E-state index contributed by atoms with van der Waals surface area (Å²) in [6, 6.07) is 68.7. The van der Waals surface area contributed by atoms with Gasteiger partial charge in [-0.05, 0) is 48.5 Å². The third kappa shape index (κ3) is 4.97. The highest BCUT2D eigenvalue weighted by Crippen LogP contribution is 2.68. The van der Waals surface area contributed by atoms with E-state index in [9.17, 15) is 0 Å². The molecule has 0 unspecified atom stereocenters. The highest BCUT2D eigenvalue weighted by molar-refractivity contribution is 7.91. The molecule has 4 aromatic heterocycles. The van der Waals surface area contributed by atoms with E-state index >= 15 is 0 Å². The van der Waals surface area contributed by atoms with Crippen molar-refractivity contribution in [1.82, 2.24) is 0 Å². The zero-order valence-corrected chi connectivity index (χ0v) is 35.7. The molecule has 0 N–H and O–H groups in total. The lowest BCUT2D eigenvalue weighted by Gasteiger charge is -2.32. The van der Waals surface area contributed by atoms with E-state index in [1.54, 1.807) is 0 Å². The first-order chi connectivity index (χ1) is 31.7. The van der Waals surface area contributed by atoms with Gasteiger partial charge in [0.1, 0.15) is 59.1 Å². The van der Waals surface area contributed by atoms with E-state index in [0.717, 1.165) is 115 Å². The summed E-state index contributed by atoms with van der Waals surface area (Å²) in [5.74, 6) is 0.583. The molecule has 5 heterocycles. The maximum atomic E-state index is 7.01. The molecule has 1 aliphatic heterocycles. The summed E-state index contributed by atoms with van der Waals surface area (Å²) < 4.78 is 46.5. The number of furan rings is 4. The minimum absolute atomic E-state index is 0.583. The molecule has 9 aromatic carbocycles. The topological polar surface area (TPSA) is 89.6 Å². The summed E-state index contributed by atoms with van der Waals surface area (Å²) in [7, 11) is -7.00. The average molecular weight is 862 g/mol. The summed E-state index contributed by atoms with van der Waals surface area (Å²) in [4.78, 5) is 0. The number of nitrogens with zero attached hydrogens (tertiary/aromatic N) is 3. The van der Waals surface area contributed by atoms with Crippen LogP contribution in [0, 0.1) is 0 Å². The van der Waals surface area contributed by atoms with Crippen LogP contribution in [0.4, 0.5) is 0 Å². The number of fused-ring (bicyclic) bond motifs is 12. The van der Waals surface area contributed by atoms with E-state index in [-0.39, 0.29) is 0 Å². The van der Waals surface area contributed by atoms with Crippen molar-refractivity contribution in [3.63, 3.8) is 0 Å². The van der Waals surface area contributed by atoms with Crippen molar-refractivity contribution in [3.05, 3.63) is 206 Å². The molecule has 0 bridgehead atoms. The second kappa shape index (κ2) is 13.4. The number of rotatable bonds is 5. The zero-order chi connectivity index (χ0) is 42.0. The summed E-state index contributed by atoms with van der Waals surface area (Å²) in [6.45, 7) is 0. The van der Waals surface area contributed by atoms with E-state index in [0.29, 0.717) is 5.84 Å². The predicted molar refractivity (Wildman–Crippen MR) is 265 cm³/mol. The summed E-state index contributed by atoms with van der Waals surface area (Å²) in [5.41, 5.74) is 6.95. The van der Waals surface area contributed by atoms with Crippen LogP contribution in [0.5, 0.6) is 0 Å². The van der Waals surface area contributed by atoms with Crippen LogP contribution in [-0.4, -0.2) is 5.84 Å². The molecule has 0 saturated heterocycles. The Kier molecular flexibility index (Phi) is 7.51. The normalized spacial score (nSPS) is 14.8. The van der Waals surface area contributed by atoms with Crippen LogP contribution in [0.25, 0.3) is 87.8 Å². The van der Waals surface area contributed by atoms with Gasteiger partial charge in [-0.3, -0.25) is 0 Å². The number of amidine groups is 1. The molecule has 302 valence electrons. The minimum Gasteiger partial charge on any atom is -0.455 e. The third-order valence-corrected chi connectivity index (χ3v) is 19.8. The van der Waals surface area contributed by atoms with E-state index in [2.05, 4.69) is 133 Å². The van der Waals surface area contributed by atoms with Gasteiger partial charge in [0.15, 0.2) is 5.84 Å². The standard InChI is InChI=1S/C55H33N3O4P2/c1-2-16-34(17-3-1)55-56-63(47-30-12-22-39-35-18-4-8-26-43(35)59-51(39)47,48-31-13-23-40-36-19-5-9-27-44(36)60-52(40)48)58-64(57-55,49-32-14-24-41-37-20-6-10-28-45(37)61-53(41)49)50-33-15-25-42-38-21-7-11-29-46(38)62-54(42)50/h1-33H. The predicted octanol–water partition coefficient (Wildman–Crippen LogP) is 14.6. The third-order valence-electron chi connectivity index (χ3n) is 12.6. The fraction of sp³-hybridized carbons (Fsp3) is 0. The molecule has 7 nitrogen and oxygen atoms in total. The molecule has 0 spiro atoms. The molecule has 0 saturated carbocycles. The van der Waals surface area contributed by atoms with Gasteiger partial charge in [0.25, 0.3) is 0 Å². The number of benzene rings is 9. The maximum Gasteiger partial charge on any atom is 0.161 e. The van der Waals surface area contributed by atoms with Crippen molar-refractivity contribution in [2.24, 2.45) is 14.0 Å². The summed E-state index contributed by atoms with van der Waals surface area (Å²) in [5, 5.41) is 11.5. The van der Waals surface area contributed by atoms with Crippen molar-refractivity contribution in [2.75, 3.05) is 0 Å². The second-order valence-electron chi connectivity index (χ2n) is 16.2. The number of para-hydroxylation sites is 8. The lowest BCUT2D eigenvalue weighted by molar-refractivity contribution is 0.670. The fourth-order valence-corrected chi connectivity index (χ4v) is 18.0. The lowest BCUT2D eigenvalue weighted by atomic mass is 10.1. The first-order valence-electron chi connectivity index (χ1n) is 21.2. The molecule has 14 rings (SSSR count). The smallest absolute Gasteiger partial charge is 0.161 e. The Morgan fingerprint density at radius 2 is 0.594 bits per heavy atom. The van der Waals surface area contributed by atoms with E-state index in [4.69, 9.17) is 31.7 Å². The first-order valence-corrected chi connectivity index (χ1v) is 24.6. The van der Waals surface area contributed by atoms with Gasteiger partial charge >= 0.3 is 0 Å². The Hall–Kier alpha value is -7.69. The van der Waals surface area contributed by atoms with Gasteiger partial charge < -0.3 is 17.7 Å². The first kappa shape index (κ1) is 35.9. The molecule has 0 atom stereocenters. The molecule has 0 fully saturated rings. The van der Waals surface area contributed by atoms with E-state index < -0.39 is 14.4 Å². The number of hydrogen-bond donors (Lipinski definition) is 0. The Bertz CT molecular complexity index is 3780. The van der Waals surface area contributed by atoms with Crippen molar-refractivity contribution in [1.29, 1.82) is 0 Å². The van der Waals surface area contributed by atoms with Crippen LogP contribution in [0.2, 0.25) is 0 Å². The van der Waals surface area contributed by atoms with Crippen LogP contribution in [0.3, 0.4) is 0 Å². The Labute approximate surface area is 365 Å². The van der Waals surface area contributed by atoms with Gasteiger partial charge in [-0.2, -0.15) is 0 Å². The van der Waals surface area contributed by atoms with Gasteiger partial charge in [0.05, 0.1) is 21.2 Å². The van der Waals surface area contributed by atoms with Gasteiger partial charge in [-0.15, -0.1) is 0 Å². The molecule has 9 heteroatoms. The van der Waals surface area contributed by atoms with Gasteiger partial charge in [0.2, 0.25) is 0 Å². The Morgan fingerprint density at radius 3 is 0.969 bits per heavy atom. The monoisotopic (exact) mass is 861 g/mol. The molecule has 0 radical (unpaired) electrons. The van der Waals surface area contributed by atoms with Crippen LogP contribution in [-0.2, 0) is 0 Å². The molecule has 64 heavy (non-hydrogen) atoms. The largest absolute Gasteiger partial charge is 0.455 e. The zero-order valence-electron chi connectivity index (χ0n) is 33.9. The average Bonchev–Trinajstić information content (AvgIpc) is 4.14. The highest BCUT2D eigenvalue weighted by atomic mass is 31.2. The molecule has 0 amide bonds. The van der Waals surface area contributed by atoms with E-state index in [1.165, 1.54) is 0 Å². The molecule has 0 aliphatic carbocycles. The van der Waals surface area contributed by atoms with Crippen molar-refractivity contribution < 1.29 is 17.7 Å². The van der Waals surface area contributed by atoms with Crippen LogP contribution in [0.15, 0.2) is 232 Å². The fourth-order valence-electron chi connectivity index (χ4n) is 9.80. The van der Waals surface area contributed by atoms with E-state index in [1.807, 2.05) is 66.7 Å². The Balaban J connectivity index is 1.26. The lowest BCUT2D eigenvalue weighted by Crippen LogP contribution is -2.24. The SMILES string of the molecule is c1ccc(C2=NP(c3cccc4c3oc3ccccc34)(c3cccc4c3oc3ccccc34)=NP(c3cccc4c3oc3ccccc34)(c3cccc4c3oc3ccccc34)=N2)cc1. The van der Waals surface area contributed by atoms with Crippen molar-refractivity contribution >= 4 is 129 Å². The molecule has 13 aromatic rings. The summed E-state index contributed by atoms with van der Waals surface area (Å²) >= 11 is 0. The van der Waals surface area contributed by atoms with Gasteiger partial charge in [0, 0.05) is 48.7 Å². The molecular formula is C55H33N3O4P2. The highest BCUT2D eigenvalue weighted by Gasteiger charge is 2.43. The Morgan fingerprint density at radius 1 is 0.281 bits per heavy atom. The molecular weight excluding hydrogens is 829 g/mol.